The first-order chi connectivity index (χ1) is 15.0. The largest absolute Gasteiger partial charge is 0.461 e. The molecule has 5 rings (SSSR count). The van der Waals surface area contributed by atoms with E-state index < -0.39 is 6.10 Å². The zero-order valence-electron chi connectivity index (χ0n) is 18.9. The van der Waals surface area contributed by atoms with Crippen LogP contribution in [-0.4, -0.2) is 65.8 Å². The van der Waals surface area contributed by atoms with Crippen LogP contribution in [-0.2, 0) is 16.1 Å². The number of rotatable bonds is 4. The van der Waals surface area contributed by atoms with Gasteiger partial charge in [-0.3, -0.25) is 14.6 Å². The van der Waals surface area contributed by atoms with Crippen molar-refractivity contribution in [2.45, 2.75) is 51.9 Å². The Morgan fingerprint density at radius 1 is 1.13 bits per heavy atom. The highest BCUT2D eigenvalue weighted by Gasteiger charge is 2.59. The minimum atomic E-state index is -0.511. The smallest absolute Gasteiger partial charge is 0.311 e. The van der Waals surface area contributed by atoms with Crippen LogP contribution in [0.15, 0.2) is 42.0 Å². The molecule has 1 aromatic rings. The summed E-state index contributed by atoms with van der Waals surface area (Å²) in [7, 11) is 0. The molecular formula is C26H36N2O3. The van der Waals surface area contributed by atoms with Gasteiger partial charge in [-0.2, -0.15) is 0 Å². The molecule has 0 bridgehead atoms. The molecule has 0 spiro atoms. The predicted octanol–water partition coefficient (Wildman–Crippen LogP) is 3.09. The third-order valence-corrected chi connectivity index (χ3v) is 8.74. The second-order valence-electron chi connectivity index (χ2n) is 10.4. The number of carbonyl (C=O) groups excluding carboxylic acids is 1. The normalized spacial score (nSPS) is 38.9. The molecule has 4 aliphatic rings. The standard InChI is InChI=1S/C26H36N2O3/c1-18-7-6-10-20-15-22-23(24(29)26(18,20)2)21(25(30)31-22)17-28-13-11-27(12-14-28)16-19-8-4-3-5-9-19/h3-5,8-10,18,21-24,29H,6-7,11-17H2,1-2H3/t18-,21-,22+,23+,24+,26+/m0/s1. The molecule has 0 aromatic heterocycles. The van der Waals surface area contributed by atoms with E-state index in [0.717, 1.165) is 52.0 Å². The van der Waals surface area contributed by atoms with Gasteiger partial charge in [-0.15, -0.1) is 0 Å². The van der Waals surface area contributed by atoms with E-state index >= 15 is 0 Å². The van der Waals surface area contributed by atoms with Crippen molar-refractivity contribution >= 4 is 5.97 Å². The second kappa shape index (κ2) is 8.34. The fourth-order valence-electron chi connectivity index (χ4n) is 6.52. The van der Waals surface area contributed by atoms with Crippen molar-refractivity contribution in [3.8, 4) is 0 Å². The highest BCUT2D eigenvalue weighted by molar-refractivity contribution is 5.76. The van der Waals surface area contributed by atoms with Crippen LogP contribution in [0.25, 0.3) is 0 Å². The Morgan fingerprint density at radius 3 is 2.58 bits per heavy atom. The summed E-state index contributed by atoms with van der Waals surface area (Å²) in [4.78, 5) is 17.8. The van der Waals surface area contributed by atoms with Gasteiger partial charge in [0.05, 0.1) is 12.0 Å². The third kappa shape index (κ3) is 3.75. The van der Waals surface area contributed by atoms with Gasteiger partial charge in [0.1, 0.15) is 6.10 Å². The average molecular weight is 425 g/mol. The van der Waals surface area contributed by atoms with Crippen LogP contribution in [0.2, 0.25) is 0 Å². The first kappa shape index (κ1) is 21.2. The maximum Gasteiger partial charge on any atom is 0.311 e. The fraction of sp³-hybridized carbons (Fsp3) is 0.654. The number of allylic oxidation sites excluding steroid dienone is 1. The number of piperazine rings is 1. The first-order valence-electron chi connectivity index (χ1n) is 12.0. The molecule has 0 unspecified atom stereocenters. The maximum absolute atomic E-state index is 12.9. The first-order valence-corrected chi connectivity index (χ1v) is 12.0. The summed E-state index contributed by atoms with van der Waals surface area (Å²) in [5, 5.41) is 11.5. The number of hydrogen-bond acceptors (Lipinski definition) is 5. The van der Waals surface area contributed by atoms with Crippen LogP contribution < -0.4 is 0 Å². The molecule has 168 valence electrons. The number of benzene rings is 1. The van der Waals surface area contributed by atoms with Crippen LogP contribution in [0, 0.1) is 23.2 Å². The van der Waals surface area contributed by atoms with E-state index in [9.17, 15) is 9.90 Å². The molecule has 1 aromatic carbocycles. The minimum absolute atomic E-state index is 0.0856. The van der Waals surface area contributed by atoms with Gasteiger partial charge in [0.2, 0.25) is 0 Å². The van der Waals surface area contributed by atoms with E-state index in [1.54, 1.807) is 0 Å². The van der Waals surface area contributed by atoms with Crippen LogP contribution in [0.5, 0.6) is 0 Å². The second-order valence-corrected chi connectivity index (χ2v) is 10.4. The Morgan fingerprint density at radius 2 is 1.84 bits per heavy atom. The highest BCUT2D eigenvalue weighted by atomic mass is 16.6. The number of aliphatic hydroxyl groups is 1. The Hall–Kier alpha value is -1.69. The average Bonchev–Trinajstić information content (AvgIpc) is 3.07. The van der Waals surface area contributed by atoms with Crippen LogP contribution in [0.4, 0.5) is 0 Å². The van der Waals surface area contributed by atoms with Crippen molar-refractivity contribution in [1.29, 1.82) is 0 Å². The molecule has 6 atom stereocenters. The molecule has 5 heteroatoms. The van der Waals surface area contributed by atoms with E-state index in [4.69, 9.17) is 4.74 Å². The van der Waals surface area contributed by atoms with Gasteiger partial charge in [0, 0.05) is 57.0 Å². The Kier molecular flexibility index (Phi) is 5.70. The van der Waals surface area contributed by atoms with E-state index in [-0.39, 0.29) is 29.3 Å². The maximum atomic E-state index is 12.9. The molecule has 31 heavy (non-hydrogen) atoms. The number of esters is 1. The van der Waals surface area contributed by atoms with Crippen molar-refractivity contribution < 1.29 is 14.6 Å². The highest BCUT2D eigenvalue weighted by Crippen LogP contribution is 2.56. The lowest BCUT2D eigenvalue weighted by molar-refractivity contribution is -0.145. The SMILES string of the molecule is C[C@H]1CCC=C2C[C@H]3OC(=O)[C@@H](CN4CCN(Cc5ccccc5)CC4)[C@H]3[C@@H](O)[C@@]21C. The summed E-state index contributed by atoms with van der Waals surface area (Å²) in [5.41, 5.74) is 2.44. The number of ether oxygens (including phenoxy) is 1. The van der Waals surface area contributed by atoms with Crippen molar-refractivity contribution in [2.75, 3.05) is 32.7 Å². The quantitative estimate of drug-likeness (QED) is 0.595. The summed E-state index contributed by atoms with van der Waals surface area (Å²) in [5.74, 6) is 0.0309. The number of aliphatic hydroxyl groups excluding tert-OH is 1. The number of hydrogen-bond donors (Lipinski definition) is 1. The Bertz CT molecular complexity index is 832. The Labute approximate surface area is 186 Å². The van der Waals surface area contributed by atoms with Crippen LogP contribution in [0.3, 0.4) is 0 Å². The monoisotopic (exact) mass is 424 g/mol. The molecule has 0 radical (unpaired) electrons. The summed E-state index contributed by atoms with van der Waals surface area (Å²) in [6, 6.07) is 10.6. The van der Waals surface area contributed by atoms with Gasteiger partial charge in [0.15, 0.2) is 0 Å². The molecule has 2 heterocycles. The molecule has 2 aliphatic heterocycles. The van der Waals surface area contributed by atoms with Gasteiger partial charge < -0.3 is 9.84 Å². The Balaban J connectivity index is 1.24. The van der Waals surface area contributed by atoms with Gasteiger partial charge >= 0.3 is 5.97 Å². The van der Waals surface area contributed by atoms with Gasteiger partial charge in [0.25, 0.3) is 0 Å². The summed E-state index contributed by atoms with van der Waals surface area (Å²) >= 11 is 0. The molecular weight excluding hydrogens is 388 g/mol. The van der Waals surface area contributed by atoms with Crippen molar-refractivity contribution in [3.63, 3.8) is 0 Å². The van der Waals surface area contributed by atoms with E-state index in [1.807, 2.05) is 0 Å². The van der Waals surface area contributed by atoms with Crippen molar-refractivity contribution in [2.24, 2.45) is 23.2 Å². The van der Waals surface area contributed by atoms with Gasteiger partial charge in [-0.25, -0.2) is 0 Å². The zero-order chi connectivity index (χ0) is 21.6. The van der Waals surface area contributed by atoms with E-state index in [1.165, 1.54) is 11.1 Å². The molecule has 1 saturated carbocycles. The van der Waals surface area contributed by atoms with Crippen LogP contribution >= 0.6 is 0 Å². The van der Waals surface area contributed by atoms with Crippen LogP contribution in [0.1, 0.15) is 38.7 Å². The lowest BCUT2D eigenvalue weighted by atomic mass is 9.55. The predicted molar refractivity (Wildman–Crippen MR) is 120 cm³/mol. The lowest BCUT2D eigenvalue weighted by Crippen LogP contribution is -2.55. The zero-order valence-corrected chi connectivity index (χ0v) is 18.9. The molecule has 2 saturated heterocycles. The van der Waals surface area contributed by atoms with Crippen molar-refractivity contribution in [1.82, 2.24) is 9.80 Å². The van der Waals surface area contributed by atoms with Crippen molar-refractivity contribution in [3.05, 3.63) is 47.5 Å². The topological polar surface area (TPSA) is 53.0 Å². The molecule has 2 aliphatic carbocycles. The van der Waals surface area contributed by atoms with E-state index in [0.29, 0.717) is 12.5 Å². The van der Waals surface area contributed by atoms with Gasteiger partial charge in [-0.1, -0.05) is 55.8 Å². The van der Waals surface area contributed by atoms with Gasteiger partial charge in [-0.05, 0) is 24.3 Å². The lowest BCUT2D eigenvalue weighted by Gasteiger charge is -2.52. The summed E-state index contributed by atoms with van der Waals surface area (Å²) < 4.78 is 5.84. The molecule has 3 fully saturated rings. The number of fused-ring (bicyclic) bond motifs is 2. The molecule has 0 amide bonds. The number of carbonyl (C=O) groups is 1. The summed E-state index contributed by atoms with van der Waals surface area (Å²) in [6.07, 6.45) is 4.61. The van der Waals surface area contributed by atoms with E-state index in [2.05, 4.69) is 60.1 Å². The molecule has 5 nitrogen and oxygen atoms in total. The minimum Gasteiger partial charge on any atom is -0.461 e. The number of nitrogens with zero attached hydrogens (tertiary/aromatic N) is 2. The molecule has 1 N–H and O–H groups in total. The fourth-order valence-corrected chi connectivity index (χ4v) is 6.52. The third-order valence-electron chi connectivity index (χ3n) is 8.74. The summed E-state index contributed by atoms with van der Waals surface area (Å²) in [6.45, 7) is 10.1.